The first-order valence-electron chi connectivity index (χ1n) is 5.79. The van der Waals surface area contributed by atoms with Crippen LogP contribution in [0.5, 0.6) is 0 Å². The van der Waals surface area contributed by atoms with Crippen LogP contribution in [-0.4, -0.2) is 33.0 Å². The third-order valence-corrected chi connectivity index (χ3v) is 2.90. The fraction of sp³-hybridized carbons (Fsp3) is 0.909. The van der Waals surface area contributed by atoms with Gasteiger partial charge in [0.25, 0.3) is 0 Å². The van der Waals surface area contributed by atoms with Crippen molar-refractivity contribution >= 4 is 15.8 Å². The van der Waals surface area contributed by atoms with Crippen LogP contribution in [0.25, 0.3) is 0 Å². The minimum Gasteiger partial charge on any atom is -0.465 e. The van der Waals surface area contributed by atoms with E-state index in [9.17, 15) is 13.2 Å². The first kappa shape index (κ1) is 15.4. The molecular weight excluding hydrogens is 228 g/mol. The van der Waals surface area contributed by atoms with Crippen molar-refractivity contribution in [1.82, 2.24) is 0 Å². The van der Waals surface area contributed by atoms with Crippen molar-refractivity contribution in [1.29, 1.82) is 0 Å². The lowest BCUT2D eigenvalue weighted by atomic mass is 10.1. The van der Waals surface area contributed by atoms with Crippen LogP contribution in [0.3, 0.4) is 0 Å². The van der Waals surface area contributed by atoms with E-state index in [4.69, 9.17) is 4.74 Å². The van der Waals surface area contributed by atoms with Crippen molar-refractivity contribution in [3.05, 3.63) is 0 Å². The molecule has 0 radical (unpaired) electrons. The molecule has 0 aromatic heterocycles. The number of rotatable bonds is 9. The van der Waals surface area contributed by atoms with Gasteiger partial charge in [-0.15, -0.1) is 0 Å². The second-order valence-electron chi connectivity index (χ2n) is 4.06. The molecule has 0 bridgehead atoms. The first-order valence-corrected chi connectivity index (χ1v) is 7.85. The van der Waals surface area contributed by atoms with Gasteiger partial charge in [-0.1, -0.05) is 39.0 Å². The maximum atomic E-state index is 11.0. The summed E-state index contributed by atoms with van der Waals surface area (Å²) in [7, 11) is -3.25. The minimum absolute atomic E-state index is 0.334. The highest BCUT2D eigenvalue weighted by atomic mass is 32.2. The van der Waals surface area contributed by atoms with E-state index in [0.717, 1.165) is 25.5 Å². The van der Waals surface area contributed by atoms with Gasteiger partial charge in [-0.25, -0.2) is 8.42 Å². The molecule has 0 atom stereocenters. The van der Waals surface area contributed by atoms with E-state index in [2.05, 4.69) is 6.92 Å². The van der Waals surface area contributed by atoms with E-state index in [-0.39, 0.29) is 0 Å². The molecule has 0 saturated carbocycles. The van der Waals surface area contributed by atoms with Crippen LogP contribution in [0.4, 0.5) is 0 Å². The minimum atomic E-state index is -3.25. The van der Waals surface area contributed by atoms with Crippen LogP contribution in [0.15, 0.2) is 0 Å². The second-order valence-corrected chi connectivity index (χ2v) is 6.20. The predicted molar refractivity (Wildman–Crippen MR) is 64.0 cm³/mol. The average Bonchev–Trinajstić information content (AvgIpc) is 2.13. The molecule has 0 N–H and O–H groups in total. The molecular formula is C11H22O4S. The average molecular weight is 250 g/mol. The fourth-order valence-electron chi connectivity index (χ4n) is 1.32. The third kappa shape index (κ3) is 11.5. The summed E-state index contributed by atoms with van der Waals surface area (Å²) in [6.45, 7) is 2.49. The molecule has 16 heavy (non-hydrogen) atoms. The second kappa shape index (κ2) is 8.56. The van der Waals surface area contributed by atoms with Gasteiger partial charge in [0.05, 0.1) is 6.61 Å². The number of hydrogen-bond acceptors (Lipinski definition) is 4. The molecule has 96 valence electrons. The zero-order chi connectivity index (χ0) is 12.4. The smallest absolute Gasteiger partial charge is 0.321 e. The molecule has 5 heteroatoms. The number of hydrogen-bond donors (Lipinski definition) is 0. The highest BCUT2D eigenvalue weighted by Gasteiger charge is 2.11. The van der Waals surface area contributed by atoms with Gasteiger partial charge >= 0.3 is 5.97 Å². The molecule has 4 nitrogen and oxygen atoms in total. The Morgan fingerprint density at radius 2 is 1.62 bits per heavy atom. The fourth-order valence-corrected chi connectivity index (χ4v) is 1.84. The lowest BCUT2D eigenvalue weighted by Gasteiger charge is -2.03. The number of carbonyl (C=O) groups excluding carboxylic acids is 1. The standard InChI is InChI=1S/C11H22O4S/c1-3-4-5-6-7-8-9-15-11(12)10-16(2,13)14/h3-10H2,1-2H3. The van der Waals surface area contributed by atoms with Crippen LogP contribution in [0, 0.1) is 0 Å². The summed E-state index contributed by atoms with van der Waals surface area (Å²) in [6, 6.07) is 0. The highest BCUT2D eigenvalue weighted by molar-refractivity contribution is 7.91. The normalized spacial score (nSPS) is 11.4. The van der Waals surface area contributed by atoms with Gasteiger partial charge < -0.3 is 4.74 Å². The van der Waals surface area contributed by atoms with E-state index >= 15 is 0 Å². The molecule has 0 aliphatic heterocycles. The third-order valence-electron chi connectivity index (χ3n) is 2.14. The lowest BCUT2D eigenvalue weighted by molar-refractivity contribution is -0.140. The summed E-state index contributed by atoms with van der Waals surface area (Å²) in [5.41, 5.74) is 0. The van der Waals surface area contributed by atoms with Crippen molar-refractivity contribution in [2.45, 2.75) is 45.4 Å². The molecule has 0 unspecified atom stereocenters. The number of esters is 1. The SMILES string of the molecule is CCCCCCCCOC(=O)CS(C)(=O)=O. The molecule has 0 aromatic rings. The van der Waals surface area contributed by atoms with E-state index in [1.54, 1.807) is 0 Å². The van der Waals surface area contributed by atoms with Crippen LogP contribution in [-0.2, 0) is 19.4 Å². The molecule has 0 heterocycles. The Balaban J connectivity index is 3.35. The van der Waals surface area contributed by atoms with E-state index in [1.807, 2.05) is 0 Å². The van der Waals surface area contributed by atoms with Crippen molar-refractivity contribution < 1.29 is 17.9 Å². The molecule has 0 fully saturated rings. The van der Waals surface area contributed by atoms with Gasteiger partial charge in [0, 0.05) is 6.26 Å². The number of unbranched alkanes of at least 4 members (excludes halogenated alkanes) is 5. The molecule has 0 saturated heterocycles. The van der Waals surface area contributed by atoms with E-state index in [1.165, 1.54) is 19.3 Å². The van der Waals surface area contributed by atoms with Gasteiger partial charge in [-0.2, -0.15) is 0 Å². The summed E-state index contributed by atoms with van der Waals surface area (Å²) < 4.78 is 26.3. The molecule has 0 amide bonds. The molecule has 0 aliphatic carbocycles. The zero-order valence-electron chi connectivity index (χ0n) is 10.2. The molecule has 0 aromatic carbocycles. The lowest BCUT2D eigenvalue weighted by Crippen LogP contribution is -2.17. The summed E-state index contributed by atoms with van der Waals surface area (Å²) in [5.74, 6) is -1.15. The van der Waals surface area contributed by atoms with Crippen LogP contribution < -0.4 is 0 Å². The van der Waals surface area contributed by atoms with Crippen molar-refractivity contribution in [3.63, 3.8) is 0 Å². The summed E-state index contributed by atoms with van der Waals surface area (Å²) in [5, 5.41) is 0. The van der Waals surface area contributed by atoms with Crippen molar-refractivity contribution in [3.8, 4) is 0 Å². The Bertz CT molecular complexity index is 282. The number of sulfone groups is 1. The van der Waals surface area contributed by atoms with Crippen LogP contribution in [0.1, 0.15) is 45.4 Å². The molecule has 0 rings (SSSR count). The van der Waals surface area contributed by atoms with Crippen molar-refractivity contribution in [2.75, 3.05) is 18.6 Å². The Morgan fingerprint density at radius 1 is 1.06 bits per heavy atom. The Hall–Kier alpha value is -0.580. The molecule has 0 aliphatic rings. The highest BCUT2D eigenvalue weighted by Crippen LogP contribution is 2.04. The number of carbonyl (C=O) groups is 1. The maximum Gasteiger partial charge on any atom is 0.321 e. The quantitative estimate of drug-likeness (QED) is 0.463. The van der Waals surface area contributed by atoms with Gasteiger partial charge in [0.15, 0.2) is 9.84 Å². The first-order chi connectivity index (χ1) is 7.45. The van der Waals surface area contributed by atoms with Crippen molar-refractivity contribution in [2.24, 2.45) is 0 Å². The Morgan fingerprint density at radius 3 is 2.19 bits per heavy atom. The van der Waals surface area contributed by atoms with Crippen LogP contribution in [0.2, 0.25) is 0 Å². The van der Waals surface area contributed by atoms with Crippen LogP contribution >= 0.6 is 0 Å². The monoisotopic (exact) mass is 250 g/mol. The topological polar surface area (TPSA) is 60.4 Å². The maximum absolute atomic E-state index is 11.0. The van der Waals surface area contributed by atoms with Gasteiger partial charge in [-0.3, -0.25) is 4.79 Å². The predicted octanol–water partition coefficient (Wildman–Crippen LogP) is 1.93. The van der Waals surface area contributed by atoms with Gasteiger partial charge in [-0.05, 0) is 6.42 Å². The van der Waals surface area contributed by atoms with E-state index in [0.29, 0.717) is 6.61 Å². The summed E-state index contributed by atoms with van der Waals surface area (Å²) >= 11 is 0. The number of ether oxygens (including phenoxy) is 1. The Labute approximate surface area is 98.3 Å². The van der Waals surface area contributed by atoms with Gasteiger partial charge in [0.1, 0.15) is 5.75 Å². The Kier molecular flexibility index (Phi) is 8.25. The molecule has 0 spiro atoms. The van der Waals surface area contributed by atoms with E-state index < -0.39 is 21.6 Å². The van der Waals surface area contributed by atoms with Gasteiger partial charge in [0.2, 0.25) is 0 Å². The summed E-state index contributed by atoms with van der Waals surface area (Å²) in [6.07, 6.45) is 7.70. The summed E-state index contributed by atoms with van der Waals surface area (Å²) in [4.78, 5) is 11.0. The zero-order valence-corrected chi connectivity index (χ0v) is 11.0. The largest absolute Gasteiger partial charge is 0.465 e.